The Kier molecular flexibility index (Phi) is 5.96. The van der Waals surface area contributed by atoms with E-state index in [1.807, 2.05) is 0 Å². The SMILES string of the molecule is CCC1CCCC(CCCCOC)(C(=O)O)C1. The van der Waals surface area contributed by atoms with E-state index in [1.54, 1.807) is 7.11 Å². The van der Waals surface area contributed by atoms with Crippen LogP contribution in [-0.2, 0) is 9.53 Å². The van der Waals surface area contributed by atoms with Crippen LogP contribution in [0.3, 0.4) is 0 Å². The molecule has 1 rings (SSSR count). The Labute approximate surface area is 105 Å². The number of hydrogen-bond acceptors (Lipinski definition) is 2. The normalized spacial score (nSPS) is 29.2. The fourth-order valence-corrected chi connectivity index (χ4v) is 3.07. The summed E-state index contributed by atoms with van der Waals surface area (Å²) in [7, 11) is 1.70. The maximum absolute atomic E-state index is 11.6. The van der Waals surface area contributed by atoms with Crippen LogP contribution in [0.25, 0.3) is 0 Å². The average Bonchev–Trinajstić information content (AvgIpc) is 2.35. The second-order valence-corrected chi connectivity index (χ2v) is 5.41. The van der Waals surface area contributed by atoms with Crippen molar-refractivity contribution < 1.29 is 14.6 Å². The van der Waals surface area contributed by atoms with Gasteiger partial charge in [0.15, 0.2) is 0 Å². The van der Waals surface area contributed by atoms with E-state index in [0.29, 0.717) is 5.92 Å². The lowest BCUT2D eigenvalue weighted by Crippen LogP contribution is -2.36. The fourth-order valence-electron chi connectivity index (χ4n) is 3.07. The van der Waals surface area contributed by atoms with Crippen LogP contribution >= 0.6 is 0 Å². The number of ether oxygens (including phenoxy) is 1. The minimum atomic E-state index is -0.576. The average molecular weight is 242 g/mol. The minimum absolute atomic E-state index is 0.438. The number of methoxy groups -OCH3 is 1. The Bertz CT molecular complexity index is 240. The Hall–Kier alpha value is -0.570. The first-order chi connectivity index (χ1) is 8.14. The van der Waals surface area contributed by atoms with Gasteiger partial charge in [-0.1, -0.05) is 32.6 Å². The number of unbranched alkanes of at least 4 members (excludes halogenated alkanes) is 1. The molecule has 0 bridgehead atoms. The van der Waals surface area contributed by atoms with Gasteiger partial charge in [-0.3, -0.25) is 4.79 Å². The molecule has 1 fully saturated rings. The molecule has 3 nitrogen and oxygen atoms in total. The predicted molar refractivity (Wildman–Crippen MR) is 68.0 cm³/mol. The van der Waals surface area contributed by atoms with Gasteiger partial charge in [0.25, 0.3) is 0 Å². The van der Waals surface area contributed by atoms with Crippen molar-refractivity contribution in [3.8, 4) is 0 Å². The number of carboxylic acid groups (broad SMARTS) is 1. The number of rotatable bonds is 7. The molecule has 1 aliphatic rings. The van der Waals surface area contributed by atoms with Gasteiger partial charge in [0, 0.05) is 13.7 Å². The van der Waals surface area contributed by atoms with Gasteiger partial charge in [0.05, 0.1) is 5.41 Å². The van der Waals surface area contributed by atoms with E-state index in [9.17, 15) is 9.90 Å². The van der Waals surface area contributed by atoms with E-state index in [1.165, 1.54) is 6.42 Å². The molecule has 0 heterocycles. The van der Waals surface area contributed by atoms with Crippen molar-refractivity contribution in [2.45, 2.75) is 58.3 Å². The highest BCUT2D eigenvalue weighted by Gasteiger charge is 2.41. The maximum Gasteiger partial charge on any atom is 0.309 e. The summed E-state index contributed by atoms with van der Waals surface area (Å²) in [4.78, 5) is 11.6. The molecule has 1 N–H and O–H groups in total. The molecule has 0 aromatic heterocycles. The maximum atomic E-state index is 11.6. The molecule has 0 aliphatic heterocycles. The third-order valence-corrected chi connectivity index (χ3v) is 4.23. The van der Waals surface area contributed by atoms with Crippen molar-refractivity contribution in [2.24, 2.45) is 11.3 Å². The van der Waals surface area contributed by atoms with Gasteiger partial charge in [0.1, 0.15) is 0 Å². The molecule has 0 amide bonds. The monoisotopic (exact) mass is 242 g/mol. The van der Waals surface area contributed by atoms with Crippen molar-refractivity contribution in [3.05, 3.63) is 0 Å². The molecule has 0 saturated heterocycles. The van der Waals surface area contributed by atoms with Crippen LogP contribution in [0.5, 0.6) is 0 Å². The third kappa shape index (κ3) is 3.98. The molecule has 0 aromatic carbocycles. The molecule has 3 heteroatoms. The summed E-state index contributed by atoms with van der Waals surface area (Å²) in [5.74, 6) is 0.0374. The lowest BCUT2D eigenvalue weighted by molar-refractivity contribution is -0.153. The van der Waals surface area contributed by atoms with Gasteiger partial charge in [-0.15, -0.1) is 0 Å². The van der Waals surface area contributed by atoms with Crippen LogP contribution in [0.1, 0.15) is 58.3 Å². The first-order valence-corrected chi connectivity index (χ1v) is 6.87. The third-order valence-electron chi connectivity index (χ3n) is 4.23. The highest BCUT2D eigenvalue weighted by molar-refractivity contribution is 5.74. The van der Waals surface area contributed by atoms with Crippen LogP contribution in [0.2, 0.25) is 0 Å². The molecule has 17 heavy (non-hydrogen) atoms. The van der Waals surface area contributed by atoms with E-state index in [4.69, 9.17) is 4.74 Å². The second kappa shape index (κ2) is 7.00. The van der Waals surface area contributed by atoms with Crippen molar-refractivity contribution in [2.75, 3.05) is 13.7 Å². The Morgan fingerprint density at radius 1 is 1.47 bits per heavy atom. The van der Waals surface area contributed by atoms with Crippen LogP contribution in [0.15, 0.2) is 0 Å². The van der Waals surface area contributed by atoms with Gasteiger partial charge >= 0.3 is 5.97 Å². The molecule has 0 spiro atoms. The number of carbonyl (C=O) groups is 1. The second-order valence-electron chi connectivity index (χ2n) is 5.41. The Morgan fingerprint density at radius 3 is 2.82 bits per heavy atom. The summed E-state index contributed by atoms with van der Waals surface area (Å²) in [6.45, 7) is 2.92. The first-order valence-electron chi connectivity index (χ1n) is 6.87. The molecule has 0 radical (unpaired) electrons. The fraction of sp³-hybridized carbons (Fsp3) is 0.929. The smallest absolute Gasteiger partial charge is 0.309 e. The van der Waals surface area contributed by atoms with Gasteiger partial charge < -0.3 is 9.84 Å². The van der Waals surface area contributed by atoms with E-state index < -0.39 is 11.4 Å². The van der Waals surface area contributed by atoms with Crippen molar-refractivity contribution in [1.82, 2.24) is 0 Å². The van der Waals surface area contributed by atoms with Gasteiger partial charge in [-0.05, 0) is 31.6 Å². The van der Waals surface area contributed by atoms with E-state index >= 15 is 0 Å². The van der Waals surface area contributed by atoms with Crippen molar-refractivity contribution >= 4 is 5.97 Å². The summed E-state index contributed by atoms with van der Waals surface area (Å²) in [5.41, 5.74) is -0.438. The summed E-state index contributed by atoms with van der Waals surface area (Å²) >= 11 is 0. The summed E-state index contributed by atoms with van der Waals surface area (Å²) in [6.07, 6.45) is 7.92. The number of hydrogen-bond donors (Lipinski definition) is 1. The molecular formula is C14H26O3. The lowest BCUT2D eigenvalue weighted by atomic mass is 9.66. The quantitative estimate of drug-likeness (QED) is 0.695. The molecule has 1 saturated carbocycles. The molecular weight excluding hydrogens is 216 g/mol. The minimum Gasteiger partial charge on any atom is -0.481 e. The summed E-state index contributed by atoms with van der Waals surface area (Å²) in [5, 5.41) is 9.53. The molecule has 2 unspecified atom stereocenters. The van der Waals surface area contributed by atoms with Crippen LogP contribution < -0.4 is 0 Å². The lowest BCUT2D eigenvalue weighted by Gasteiger charge is -2.37. The number of aliphatic carboxylic acids is 1. The Balaban J connectivity index is 2.52. The molecule has 0 aromatic rings. The summed E-state index contributed by atoms with van der Waals surface area (Å²) in [6, 6.07) is 0. The van der Waals surface area contributed by atoms with Gasteiger partial charge in [-0.2, -0.15) is 0 Å². The van der Waals surface area contributed by atoms with Crippen molar-refractivity contribution in [3.63, 3.8) is 0 Å². The zero-order valence-corrected chi connectivity index (χ0v) is 11.2. The van der Waals surface area contributed by atoms with Crippen molar-refractivity contribution in [1.29, 1.82) is 0 Å². The highest BCUT2D eigenvalue weighted by Crippen LogP contribution is 2.44. The largest absolute Gasteiger partial charge is 0.481 e. The van der Waals surface area contributed by atoms with Crippen LogP contribution in [0.4, 0.5) is 0 Å². The topological polar surface area (TPSA) is 46.5 Å². The van der Waals surface area contributed by atoms with Crippen LogP contribution in [-0.4, -0.2) is 24.8 Å². The molecule has 1 aliphatic carbocycles. The molecule has 2 atom stereocenters. The zero-order chi connectivity index (χ0) is 12.7. The van der Waals surface area contributed by atoms with E-state index in [0.717, 1.165) is 51.6 Å². The first kappa shape index (κ1) is 14.5. The van der Waals surface area contributed by atoms with E-state index in [2.05, 4.69) is 6.92 Å². The predicted octanol–water partition coefficient (Wildman–Crippen LogP) is 3.47. The zero-order valence-electron chi connectivity index (χ0n) is 11.2. The molecule has 100 valence electrons. The summed E-state index contributed by atoms with van der Waals surface area (Å²) < 4.78 is 5.02. The standard InChI is InChI=1S/C14H26O3/c1-3-12-7-6-9-14(11-12,13(15)16)8-4-5-10-17-2/h12H,3-11H2,1-2H3,(H,15,16). The van der Waals surface area contributed by atoms with Gasteiger partial charge in [-0.25, -0.2) is 0 Å². The highest BCUT2D eigenvalue weighted by atomic mass is 16.5. The number of carboxylic acids is 1. The Morgan fingerprint density at radius 2 is 2.24 bits per heavy atom. The van der Waals surface area contributed by atoms with E-state index in [-0.39, 0.29) is 0 Å². The van der Waals surface area contributed by atoms with Crippen LogP contribution in [0, 0.1) is 11.3 Å². The van der Waals surface area contributed by atoms with Gasteiger partial charge in [0.2, 0.25) is 0 Å².